The highest BCUT2D eigenvalue weighted by Gasteiger charge is 2.23. The standard InChI is InChI=1S/C27H24F2N4O4/c1-14-11-17(26-18(12-14)24(35)15(2)25(37-26)21-7-5-6-10-31-21)16(3)32-20-9-8-19(28)23(29)22(20)27(30-4)33-36-13-34/h5-13,16,32H,1-4H3,(H,30,33). The second-order valence-corrected chi connectivity index (χ2v) is 8.37. The number of benzene rings is 2. The Balaban J connectivity index is 1.86. The van der Waals surface area contributed by atoms with Crippen LogP contribution in [0.15, 0.2) is 62.9 Å². The molecule has 0 amide bonds. The van der Waals surface area contributed by atoms with Crippen molar-refractivity contribution in [3.8, 4) is 11.5 Å². The number of halogens is 2. The van der Waals surface area contributed by atoms with E-state index < -0.39 is 17.7 Å². The Morgan fingerprint density at radius 3 is 2.65 bits per heavy atom. The van der Waals surface area contributed by atoms with Gasteiger partial charge in [0.15, 0.2) is 28.7 Å². The van der Waals surface area contributed by atoms with Crippen LogP contribution in [0.2, 0.25) is 0 Å². The van der Waals surface area contributed by atoms with Gasteiger partial charge in [-0.05, 0) is 56.7 Å². The number of fused-ring (bicyclic) bond motifs is 1. The van der Waals surface area contributed by atoms with Crippen molar-refractivity contribution in [2.45, 2.75) is 26.8 Å². The molecule has 2 aromatic carbocycles. The Morgan fingerprint density at radius 1 is 1.19 bits per heavy atom. The fourth-order valence-electron chi connectivity index (χ4n) is 4.13. The summed E-state index contributed by atoms with van der Waals surface area (Å²) in [6.07, 6.45) is 1.61. The van der Waals surface area contributed by atoms with Gasteiger partial charge in [-0.1, -0.05) is 12.1 Å². The number of rotatable bonds is 7. The number of anilines is 1. The van der Waals surface area contributed by atoms with Crippen LogP contribution in [-0.2, 0) is 9.63 Å². The van der Waals surface area contributed by atoms with Gasteiger partial charge in [-0.3, -0.25) is 19.6 Å². The molecule has 0 fully saturated rings. The van der Waals surface area contributed by atoms with Crippen LogP contribution < -0.4 is 16.2 Å². The fourth-order valence-corrected chi connectivity index (χ4v) is 4.13. The minimum atomic E-state index is -1.19. The lowest BCUT2D eigenvalue weighted by Gasteiger charge is -2.21. The van der Waals surface area contributed by atoms with Gasteiger partial charge in [-0.15, -0.1) is 0 Å². The highest BCUT2D eigenvalue weighted by Crippen LogP contribution is 2.33. The SMILES string of the molecule is CN=C(NOC=O)c1c(NC(C)c2cc(C)cc3c(=O)c(C)c(-c4ccccn4)oc23)ccc(F)c1F. The molecule has 0 spiro atoms. The van der Waals surface area contributed by atoms with Gasteiger partial charge in [-0.25, -0.2) is 14.3 Å². The number of nitrogens with one attached hydrogen (secondary N) is 2. The van der Waals surface area contributed by atoms with Crippen molar-refractivity contribution in [3.63, 3.8) is 0 Å². The van der Waals surface area contributed by atoms with Crippen molar-refractivity contribution < 1.29 is 22.8 Å². The van der Waals surface area contributed by atoms with Gasteiger partial charge < -0.3 is 14.6 Å². The maximum atomic E-state index is 14.9. The minimum Gasteiger partial charge on any atom is -0.454 e. The van der Waals surface area contributed by atoms with E-state index in [0.29, 0.717) is 33.6 Å². The molecular formula is C27H24F2N4O4. The number of aliphatic imine (C=N–C) groups is 1. The summed E-state index contributed by atoms with van der Waals surface area (Å²) in [6, 6.07) is 10.7. The summed E-state index contributed by atoms with van der Waals surface area (Å²) in [6.45, 7) is 5.42. The summed E-state index contributed by atoms with van der Waals surface area (Å²) in [5.41, 5.74) is 4.64. The van der Waals surface area contributed by atoms with Crippen molar-refractivity contribution in [2.24, 2.45) is 4.99 Å². The first-order valence-corrected chi connectivity index (χ1v) is 11.3. The molecule has 0 aliphatic rings. The summed E-state index contributed by atoms with van der Waals surface area (Å²) >= 11 is 0. The van der Waals surface area contributed by atoms with Crippen molar-refractivity contribution in [2.75, 3.05) is 12.4 Å². The third kappa shape index (κ3) is 4.90. The van der Waals surface area contributed by atoms with Crippen LogP contribution in [0.25, 0.3) is 22.4 Å². The summed E-state index contributed by atoms with van der Waals surface area (Å²) in [7, 11) is 1.33. The van der Waals surface area contributed by atoms with Gasteiger partial charge >= 0.3 is 6.47 Å². The topological polar surface area (TPSA) is 106 Å². The number of aryl methyl sites for hydroxylation is 1. The molecule has 190 valence electrons. The first-order chi connectivity index (χ1) is 17.8. The number of hydroxylamine groups is 1. The van der Waals surface area contributed by atoms with E-state index >= 15 is 0 Å². The van der Waals surface area contributed by atoms with E-state index in [9.17, 15) is 18.4 Å². The van der Waals surface area contributed by atoms with E-state index in [1.54, 1.807) is 44.3 Å². The van der Waals surface area contributed by atoms with E-state index in [2.05, 4.69) is 25.6 Å². The zero-order valence-corrected chi connectivity index (χ0v) is 20.6. The average molecular weight is 507 g/mol. The van der Waals surface area contributed by atoms with E-state index in [1.165, 1.54) is 13.1 Å². The van der Waals surface area contributed by atoms with Crippen molar-refractivity contribution in [3.05, 3.63) is 92.8 Å². The highest BCUT2D eigenvalue weighted by atomic mass is 19.2. The van der Waals surface area contributed by atoms with Crippen molar-refractivity contribution >= 4 is 29.0 Å². The highest BCUT2D eigenvalue weighted by molar-refractivity contribution is 6.03. The number of carbonyl (C=O) groups excluding carboxylic acids is 1. The van der Waals surface area contributed by atoms with E-state index in [0.717, 1.165) is 11.6 Å². The summed E-state index contributed by atoms with van der Waals surface area (Å²) < 4.78 is 35.3. The van der Waals surface area contributed by atoms with Crippen LogP contribution in [0.5, 0.6) is 0 Å². The predicted molar refractivity (Wildman–Crippen MR) is 136 cm³/mol. The molecule has 1 unspecified atom stereocenters. The molecule has 0 aliphatic heterocycles. The van der Waals surface area contributed by atoms with E-state index in [4.69, 9.17) is 4.42 Å². The predicted octanol–water partition coefficient (Wildman–Crippen LogP) is 4.98. The fraction of sp³-hybridized carbons (Fsp3) is 0.185. The first-order valence-electron chi connectivity index (χ1n) is 11.3. The van der Waals surface area contributed by atoms with Crippen LogP contribution in [-0.4, -0.2) is 24.3 Å². The monoisotopic (exact) mass is 506 g/mol. The molecule has 10 heteroatoms. The minimum absolute atomic E-state index is 0.0974. The lowest BCUT2D eigenvalue weighted by Crippen LogP contribution is -2.27. The smallest absolute Gasteiger partial charge is 0.320 e. The van der Waals surface area contributed by atoms with Crippen LogP contribution in [0.4, 0.5) is 14.5 Å². The maximum Gasteiger partial charge on any atom is 0.320 e. The Morgan fingerprint density at radius 2 is 1.97 bits per heavy atom. The molecule has 0 saturated carbocycles. The first kappa shape index (κ1) is 25.5. The van der Waals surface area contributed by atoms with Gasteiger partial charge in [0.2, 0.25) is 0 Å². The average Bonchev–Trinajstić information content (AvgIpc) is 2.90. The molecule has 4 aromatic rings. The number of carbonyl (C=O) groups is 1. The summed E-state index contributed by atoms with van der Waals surface area (Å²) in [5, 5.41) is 3.54. The molecule has 0 radical (unpaired) electrons. The van der Waals surface area contributed by atoms with Gasteiger partial charge in [0.05, 0.1) is 17.0 Å². The Hall–Kier alpha value is -4.60. The third-order valence-corrected chi connectivity index (χ3v) is 5.89. The maximum absolute atomic E-state index is 14.9. The molecular weight excluding hydrogens is 482 g/mol. The van der Waals surface area contributed by atoms with Crippen LogP contribution in [0, 0.1) is 25.5 Å². The van der Waals surface area contributed by atoms with Crippen molar-refractivity contribution in [1.29, 1.82) is 0 Å². The van der Waals surface area contributed by atoms with Crippen LogP contribution in [0.1, 0.15) is 35.2 Å². The summed E-state index contributed by atoms with van der Waals surface area (Å²) in [4.78, 5) is 36.6. The number of amidine groups is 1. The lowest BCUT2D eigenvalue weighted by atomic mass is 9.99. The zero-order chi connectivity index (χ0) is 26.7. The van der Waals surface area contributed by atoms with E-state index in [1.807, 2.05) is 13.0 Å². The van der Waals surface area contributed by atoms with Crippen molar-refractivity contribution in [1.82, 2.24) is 10.5 Å². The quantitative estimate of drug-likeness (QED) is 0.158. The number of hydrogen-bond donors (Lipinski definition) is 2. The Kier molecular flexibility index (Phi) is 7.28. The molecule has 2 N–H and O–H groups in total. The van der Waals surface area contributed by atoms with Gasteiger partial charge in [0, 0.05) is 30.1 Å². The largest absolute Gasteiger partial charge is 0.454 e. The van der Waals surface area contributed by atoms with Gasteiger partial charge in [-0.2, -0.15) is 0 Å². The Bertz CT molecular complexity index is 1570. The number of pyridine rings is 1. The van der Waals surface area contributed by atoms with Gasteiger partial charge in [0.1, 0.15) is 11.3 Å². The number of nitrogens with zero attached hydrogens (tertiary/aromatic N) is 2. The Labute approximate surface area is 211 Å². The molecule has 0 bridgehead atoms. The zero-order valence-electron chi connectivity index (χ0n) is 20.6. The third-order valence-electron chi connectivity index (χ3n) is 5.89. The van der Waals surface area contributed by atoms with Crippen LogP contribution >= 0.6 is 0 Å². The normalized spacial score (nSPS) is 12.3. The molecule has 0 saturated heterocycles. The van der Waals surface area contributed by atoms with Crippen LogP contribution in [0.3, 0.4) is 0 Å². The van der Waals surface area contributed by atoms with E-state index in [-0.39, 0.29) is 29.0 Å². The second kappa shape index (κ2) is 10.6. The number of aromatic nitrogens is 1. The van der Waals surface area contributed by atoms with Gasteiger partial charge in [0.25, 0.3) is 0 Å². The molecule has 2 aromatic heterocycles. The molecule has 4 rings (SSSR count). The molecule has 1 atom stereocenters. The molecule has 0 aliphatic carbocycles. The molecule has 8 nitrogen and oxygen atoms in total. The lowest BCUT2D eigenvalue weighted by molar-refractivity contribution is -0.132. The second-order valence-electron chi connectivity index (χ2n) is 8.37. The molecule has 37 heavy (non-hydrogen) atoms. The molecule has 2 heterocycles. The number of hydrogen-bond acceptors (Lipinski definition) is 7. The summed E-state index contributed by atoms with van der Waals surface area (Å²) in [5.74, 6) is -2.15.